The van der Waals surface area contributed by atoms with Crippen molar-refractivity contribution in [2.45, 2.75) is 4.90 Å². The minimum Gasteiger partial charge on any atom is -0.508 e. The van der Waals surface area contributed by atoms with E-state index in [1.165, 1.54) is 24.3 Å². The first kappa shape index (κ1) is 23.9. The van der Waals surface area contributed by atoms with Gasteiger partial charge in [0, 0.05) is 10.8 Å². The smallest absolute Gasteiger partial charge is 0.296 e. The van der Waals surface area contributed by atoms with Crippen molar-refractivity contribution >= 4 is 38.0 Å². The maximum Gasteiger partial charge on any atom is 0.296 e. The Morgan fingerprint density at radius 1 is 0.757 bits per heavy atom. The molecule has 5 N–H and O–H groups in total. The second kappa shape index (κ2) is 8.97. The molecule has 184 valence electrons. The molecular weight excluding hydrogens is 496 g/mol. The molecule has 2 aliphatic rings. The van der Waals surface area contributed by atoms with Gasteiger partial charge in [0.15, 0.2) is 10.9 Å². The lowest BCUT2D eigenvalue weighted by molar-refractivity contribution is 0.475. The third kappa shape index (κ3) is 4.44. The monoisotopic (exact) mass is 514 g/mol. The predicted octanol–water partition coefficient (Wildman–Crippen LogP) is 2.26. The number of nitrogens with zero attached hydrogens (tertiary/aromatic N) is 1. The van der Waals surface area contributed by atoms with Gasteiger partial charge in [0.25, 0.3) is 10.1 Å². The summed E-state index contributed by atoms with van der Waals surface area (Å²) in [6.07, 6.45) is 0. The highest BCUT2D eigenvalue weighted by Crippen LogP contribution is 2.18. The molecule has 11 heteroatoms. The topological polar surface area (TPSA) is 169 Å². The molecule has 0 bridgehead atoms. The van der Waals surface area contributed by atoms with Crippen molar-refractivity contribution < 1.29 is 18.1 Å². The number of nitrogens with one attached hydrogen (secondary N) is 3. The summed E-state index contributed by atoms with van der Waals surface area (Å²) in [7, 11) is -4.89. The van der Waals surface area contributed by atoms with Crippen LogP contribution in [0.5, 0.6) is 5.75 Å². The van der Waals surface area contributed by atoms with Crippen LogP contribution in [0, 0.1) is 15.8 Å². The van der Waals surface area contributed by atoms with Gasteiger partial charge in [-0.25, -0.2) is 4.99 Å². The van der Waals surface area contributed by atoms with Crippen molar-refractivity contribution in [2.24, 2.45) is 4.99 Å². The van der Waals surface area contributed by atoms with Crippen molar-refractivity contribution in [3.05, 3.63) is 120 Å². The number of benzene rings is 3. The zero-order valence-corrected chi connectivity index (χ0v) is 19.7. The molecule has 0 radical (unpaired) electrons. The number of anilines is 2. The molecule has 37 heavy (non-hydrogen) atoms. The highest BCUT2D eigenvalue weighted by atomic mass is 32.2. The normalized spacial score (nSPS) is 12.2. The Bertz CT molecular complexity index is 2070. The van der Waals surface area contributed by atoms with Gasteiger partial charge in [0.1, 0.15) is 10.6 Å². The number of phenolic OH excluding ortho intramolecular Hbond substituents is 1. The van der Waals surface area contributed by atoms with Gasteiger partial charge in [0.2, 0.25) is 0 Å². The minimum atomic E-state index is -4.89. The van der Waals surface area contributed by atoms with Crippen LogP contribution in [0.3, 0.4) is 0 Å². The number of hydrogen-bond donors (Lipinski definition) is 5. The molecule has 10 nitrogen and oxygen atoms in total. The quantitative estimate of drug-likeness (QED) is 0.135. The second-order valence-electron chi connectivity index (χ2n) is 8.15. The van der Waals surface area contributed by atoms with E-state index in [9.17, 15) is 27.7 Å². The number of aromatic hydroxyl groups is 1. The lowest BCUT2D eigenvalue weighted by Gasteiger charge is -2.09. The third-order valence-corrected chi connectivity index (χ3v) is 6.63. The van der Waals surface area contributed by atoms with Gasteiger partial charge in [-0.1, -0.05) is 24.3 Å². The molecule has 3 aromatic rings. The molecule has 0 saturated carbocycles. The fourth-order valence-electron chi connectivity index (χ4n) is 3.99. The molecule has 0 unspecified atom stereocenters. The summed E-state index contributed by atoms with van der Waals surface area (Å²) in [5, 5.41) is 16.3. The van der Waals surface area contributed by atoms with E-state index >= 15 is 0 Å². The van der Waals surface area contributed by atoms with Gasteiger partial charge in [-0.2, -0.15) is 8.42 Å². The first-order valence-corrected chi connectivity index (χ1v) is 12.3. The fourth-order valence-corrected chi connectivity index (χ4v) is 4.61. The molecule has 0 fully saturated rings. The molecule has 0 aromatic heterocycles. The van der Waals surface area contributed by atoms with Crippen LogP contribution in [0.4, 0.5) is 17.1 Å². The van der Waals surface area contributed by atoms with Crippen molar-refractivity contribution in [3.8, 4) is 5.75 Å². The summed E-state index contributed by atoms with van der Waals surface area (Å²) in [5.74, 6) is 0.137. The van der Waals surface area contributed by atoms with Crippen LogP contribution in [-0.2, 0) is 10.1 Å². The molecule has 0 heterocycles. The number of phenols is 1. The maximum absolute atomic E-state index is 13.3. The van der Waals surface area contributed by atoms with Crippen molar-refractivity contribution in [3.63, 3.8) is 0 Å². The minimum absolute atomic E-state index is 0.0449. The molecule has 0 saturated heterocycles. The van der Waals surface area contributed by atoms with Crippen LogP contribution in [0.2, 0.25) is 0 Å². The van der Waals surface area contributed by atoms with E-state index in [2.05, 4.69) is 15.8 Å². The van der Waals surface area contributed by atoms with Crippen LogP contribution < -0.4 is 32.4 Å². The Hall–Kier alpha value is -4.87. The van der Waals surface area contributed by atoms with Crippen LogP contribution in [0.15, 0.2) is 98.3 Å². The first-order chi connectivity index (χ1) is 17.6. The third-order valence-electron chi connectivity index (χ3n) is 5.75. The fraction of sp³-hybridized carbons (Fsp3) is 0. The van der Waals surface area contributed by atoms with E-state index in [4.69, 9.17) is 5.41 Å². The summed E-state index contributed by atoms with van der Waals surface area (Å²) in [4.78, 5) is 30.1. The van der Waals surface area contributed by atoms with Crippen molar-refractivity contribution in [1.82, 2.24) is 0 Å². The van der Waals surface area contributed by atoms with Gasteiger partial charge in [0.05, 0.1) is 38.2 Å². The van der Waals surface area contributed by atoms with Crippen molar-refractivity contribution in [2.75, 3.05) is 10.9 Å². The summed E-state index contributed by atoms with van der Waals surface area (Å²) >= 11 is 0. The maximum atomic E-state index is 13.3. The molecule has 0 aliphatic heterocycles. The molecular formula is C26H18N4O6S. The average Bonchev–Trinajstić information content (AvgIpc) is 2.88. The van der Waals surface area contributed by atoms with E-state index in [1.807, 2.05) is 0 Å². The van der Waals surface area contributed by atoms with Gasteiger partial charge in [-0.05, 0) is 54.6 Å². The van der Waals surface area contributed by atoms with E-state index in [-0.39, 0.29) is 27.1 Å². The van der Waals surface area contributed by atoms with Crippen LogP contribution in [0.1, 0.15) is 0 Å². The lowest BCUT2D eigenvalue weighted by atomic mass is 10.0. The lowest BCUT2D eigenvalue weighted by Crippen LogP contribution is -2.32. The molecule has 3 aromatic carbocycles. The molecule has 5 rings (SSSR count). The van der Waals surface area contributed by atoms with Gasteiger partial charge >= 0.3 is 0 Å². The Morgan fingerprint density at radius 3 is 1.81 bits per heavy atom. The SMILES string of the molecule is N=c1c(S(=O)(=O)O)cc(=Nc2ccc(NNc3ccc(O)cc3)cc2)c2c(=O)c3ccccc3c(=O)c1=2. The van der Waals surface area contributed by atoms with Crippen LogP contribution >= 0.6 is 0 Å². The van der Waals surface area contributed by atoms with Crippen LogP contribution in [-0.4, -0.2) is 18.1 Å². The van der Waals surface area contributed by atoms with Crippen molar-refractivity contribution in [1.29, 1.82) is 5.41 Å². The summed E-state index contributed by atoms with van der Waals surface area (Å²) < 4.78 is 33.7. The first-order valence-electron chi connectivity index (χ1n) is 10.8. The zero-order valence-electron chi connectivity index (χ0n) is 18.9. The highest BCUT2D eigenvalue weighted by Gasteiger charge is 2.19. The molecule has 2 aliphatic carbocycles. The molecule has 0 amide bonds. The van der Waals surface area contributed by atoms with E-state index in [0.717, 1.165) is 6.07 Å². The van der Waals surface area contributed by atoms with E-state index in [0.29, 0.717) is 17.1 Å². The second-order valence-corrected chi connectivity index (χ2v) is 9.54. The molecule has 0 atom stereocenters. The Labute approximate surface area is 208 Å². The zero-order chi connectivity index (χ0) is 26.3. The number of hydrazine groups is 1. The average molecular weight is 515 g/mol. The Balaban J connectivity index is 1.68. The highest BCUT2D eigenvalue weighted by molar-refractivity contribution is 7.85. The number of fused-ring (bicyclic) bond motifs is 1. The molecule has 0 spiro atoms. The van der Waals surface area contributed by atoms with E-state index < -0.39 is 36.4 Å². The standard InChI is InChI=1S/C26H18N4O6S/c27-24-21(37(34,35)36)13-20(22-23(24)26(33)19-4-2-1-3-18(19)25(22)32)28-14-5-7-15(8-6-14)29-30-16-9-11-17(31)12-10-16/h1-13,27,29-31H,(H,34,35,36). The van der Waals surface area contributed by atoms with Gasteiger partial charge < -0.3 is 16.0 Å². The van der Waals surface area contributed by atoms with Gasteiger partial charge in [-0.3, -0.25) is 19.6 Å². The summed E-state index contributed by atoms with van der Waals surface area (Å²) in [6, 6.07) is 19.9. The predicted molar refractivity (Wildman–Crippen MR) is 137 cm³/mol. The van der Waals surface area contributed by atoms with Gasteiger partial charge in [-0.15, -0.1) is 0 Å². The summed E-state index contributed by atoms with van der Waals surface area (Å²) in [5.41, 5.74) is 6.34. The Kier molecular flexibility index (Phi) is 5.78. The van der Waals surface area contributed by atoms with Crippen LogP contribution in [0.25, 0.3) is 10.8 Å². The number of rotatable bonds is 5. The summed E-state index contributed by atoms with van der Waals surface area (Å²) in [6.45, 7) is 0. The number of hydrogen-bond acceptors (Lipinski definition) is 9. The van der Waals surface area contributed by atoms with E-state index in [1.54, 1.807) is 48.5 Å². The largest absolute Gasteiger partial charge is 0.508 e. The Morgan fingerprint density at radius 2 is 1.27 bits per heavy atom.